The minimum atomic E-state index is -0.442. The molecule has 0 saturated carbocycles. The van der Waals surface area contributed by atoms with E-state index in [1.54, 1.807) is 11.8 Å². The summed E-state index contributed by atoms with van der Waals surface area (Å²) in [5.74, 6) is 0.766. The number of nitrogens with zero attached hydrogens (tertiary/aromatic N) is 1. The van der Waals surface area contributed by atoms with E-state index in [4.69, 9.17) is 5.73 Å². The Hall–Kier alpha value is -1.53. The molecule has 1 unspecified atom stereocenters. The number of thioether (sulfide) groups is 1. The van der Waals surface area contributed by atoms with Gasteiger partial charge in [-0.1, -0.05) is 30.3 Å². The molecular formula is C18H27N3O2S. The van der Waals surface area contributed by atoms with Gasteiger partial charge in [-0.2, -0.15) is 11.8 Å². The molecule has 3 N–H and O–H groups in total. The first kappa shape index (κ1) is 18.8. The topological polar surface area (TPSA) is 75.4 Å². The number of amides is 2. The number of carbonyl (C=O) groups is 2. The molecule has 1 aliphatic heterocycles. The summed E-state index contributed by atoms with van der Waals surface area (Å²) < 4.78 is 0. The number of benzene rings is 1. The maximum Gasteiger partial charge on any atom is 0.245 e. The Balaban J connectivity index is 1.94. The van der Waals surface area contributed by atoms with E-state index in [1.165, 1.54) is 0 Å². The maximum atomic E-state index is 12.8. The van der Waals surface area contributed by atoms with Gasteiger partial charge in [-0.15, -0.1) is 0 Å². The van der Waals surface area contributed by atoms with Crippen LogP contribution in [0, 0.1) is 0 Å². The highest BCUT2D eigenvalue weighted by Crippen LogP contribution is 2.12. The third-order valence-corrected chi connectivity index (χ3v) is 4.95. The van der Waals surface area contributed by atoms with E-state index < -0.39 is 6.04 Å². The van der Waals surface area contributed by atoms with Crippen LogP contribution in [0.2, 0.25) is 0 Å². The average Bonchev–Trinajstić information content (AvgIpc) is 2.59. The molecule has 0 radical (unpaired) electrons. The van der Waals surface area contributed by atoms with Crippen molar-refractivity contribution < 1.29 is 9.59 Å². The lowest BCUT2D eigenvalue weighted by molar-refractivity contribution is -0.137. The summed E-state index contributed by atoms with van der Waals surface area (Å²) in [4.78, 5) is 26.9. The van der Waals surface area contributed by atoms with Crippen molar-refractivity contribution in [3.05, 3.63) is 35.9 Å². The predicted octanol–water partition coefficient (Wildman–Crippen LogP) is 1.42. The van der Waals surface area contributed by atoms with E-state index in [-0.39, 0.29) is 17.9 Å². The molecule has 1 heterocycles. The molecule has 0 bridgehead atoms. The molecule has 1 aliphatic rings. The lowest BCUT2D eigenvalue weighted by Crippen LogP contribution is -2.52. The summed E-state index contributed by atoms with van der Waals surface area (Å²) in [5.41, 5.74) is 6.86. The van der Waals surface area contributed by atoms with Gasteiger partial charge in [0, 0.05) is 19.1 Å². The van der Waals surface area contributed by atoms with Gasteiger partial charge in [0.25, 0.3) is 0 Å². The van der Waals surface area contributed by atoms with Gasteiger partial charge < -0.3 is 16.0 Å². The lowest BCUT2D eigenvalue weighted by atomic mass is 10.0. The summed E-state index contributed by atoms with van der Waals surface area (Å²) in [6, 6.07) is 9.34. The highest BCUT2D eigenvalue weighted by atomic mass is 32.2. The van der Waals surface area contributed by atoms with Gasteiger partial charge in [-0.05, 0) is 36.8 Å². The van der Waals surface area contributed by atoms with Crippen LogP contribution in [0.25, 0.3) is 0 Å². The summed E-state index contributed by atoms with van der Waals surface area (Å²) in [6.45, 7) is 1.37. The Bertz CT molecular complexity index is 530. The first-order valence-electron chi connectivity index (χ1n) is 8.46. The van der Waals surface area contributed by atoms with Crippen molar-refractivity contribution in [2.75, 3.05) is 25.1 Å². The SMILES string of the molecule is CSCCC(NC(=O)Cc1ccccc1)C(=O)N1CCC(N)CC1. The number of hydrogen-bond acceptors (Lipinski definition) is 4. The minimum absolute atomic E-state index is 0.0253. The third-order valence-electron chi connectivity index (χ3n) is 4.30. The van der Waals surface area contributed by atoms with Gasteiger partial charge in [0.15, 0.2) is 0 Å². The second-order valence-corrected chi connectivity index (χ2v) is 7.21. The number of rotatable bonds is 7. The number of hydrogen-bond donors (Lipinski definition) is 2. The van der Waals surface area contributed by atoms with Crippen LogP contribution in [-0.2, 0) is 16.0 Å². The molecule has 0 aromatic heterocycles. The Morgan fingerprint density at radius 3 is 2.58 bits per heavy atom. The van der Waals surface area contributed by atoms with Gasteiger partial charge in [0.1, 0.15) is 6.04 Å². The summed E-state index contributed by atoms with van der Waals surface area (Å²) in [6.07, 6.45) is 4.63. The molecule has 24 heavy (non-hydrogen) atoms. The molecule has 1 aromatic rings. The standard InChI is InChI=1S/C18H27N3O2S/c1-24-12-9-16(18(23)21-10-7-15(19)8-11-21)20-17(22)13-14-5-3-2-4-6-14/h2-6,15-16H,7-13,19H2,1H3,(H,20,22). The zero-order valence-electron chi connectivity index (χ0n) is 14.2. The molecule has 1 aromatic carbocycles. The normalized spacial score (nSPS) is 16.7. The quantitative estimate of drug-likeness (QED) is 0.781. The van der Waals surface area contributed by atoms with Crippen LogP contribution in [0.3, 0.4) is 0 Å². The molecule has 132 valence electrons. The average molecular weight is 350 g/mol. The van der Waals surface area contributed by atoms with E-state index in [0.717, 1.165) is 24.2 Å². The second kappa shape index (κ2) is 9.69. The van der Waals surface area contributed by atoms with Crippen molar-refractivity contribution >= 4 is 23.6 Å². The number of likely N-dealkylation sites (tertiary alicyclic amines) is 1. The van der Waals surface area contributed by atoms with Crippen LogP contribution in [0.1, 0.15) is 24.8 Å². The Morgan fingerprint density at radius 1 is 1.29 bits per heavy atom. The van der Waals surface area contributed by atoms with Gasteiger partial charge in [0.05, 0.1) is 6.42 Å². The molecule has 6 heteroatoms. The van der Waals surface area contributed by atoms with Crippen molar-refractivity contribution in [1.29, 1.82) is 0 Å². The van der Waals surface area contributed by atoms with Crippen LogP contribution in [0.5, 0.6) is 0 Å². The van der Waals surface area contributed by atoms with Crippen LogP contribution in [0.4, 0.5) is 0 Å². The van der Waals surface area contributed by atoms with E-state index >= 15 is 0 Å². The van der Waals surface area contributed by atoms with Crippen molar-refractivity contribution in [2.24, 2.45) is 5.73 Å². The van der Waals surface area contributed by atoms with Crippen LogP contribution < -0.4 is 11.1 Å². The number of piperidine rings is 1. The minimum Gasteiger partial charge on any atom is -0.344 e. The van der Waals surface area contributed by atoms with E-state index in [0.29, 0.717) is 25.9 Å². The molecule has 0 spiro atoms. The largest absolute Gasteiger partial charge is 0.344 e. The first-order valence-corrected chi connectivity index (χ1v) is 9.86. The molecule has 2 amide bonds. The summed E-state index contributed by atoms with van der Waals surface area (Å²) >= 11 is 1.68. The Morgan fingerprint density at radius 2 is 1.96 bits per heavy atom. The van der Waals surface area contributed by atoms with Crippen LogP contribution in [0.15, 0.2) is 30.3 Å². The van der Waals surface area contributed by atoms with E-state index in [9.17, 15) is 9.59 Å². The van der Waals surface area contributed by atoms with Crippen molar-refractivity contribution in [2.45, 2.75) is 37.8 Å². The van der Waals surface area contributed by atoms with Gasteiger partial charge in [0.2, 0.25) is 11.8 Å². The van der Waals surface area contributed by atoms with Gasteiger partial charge >= 0.3 is 0 Å². The Kier molecular flexibility index (Phi) is 7.59. The molecule has 1 atom stereocenters. The van der Waals surface area contributed by atoms with Crippen molar-refractivity contribution in [1.82, 2.24) is 10.2 Å². The van der Waals surface area contributed by atoms with E-state index in [1.807, 2.05) is 41.5 Å². The van der Waals surface area contributed by atoms with Gasteiger partial charge in [-0.3, -0.25) is 9.59 Å². The van der Waals surface area contributed by atoms with Crippen LogP contribution in [-0.4, -0.2) is 53.9 Å². The van der Waals surface area contributed by atoms with Crippen molar-refractivity contribution in [3.8, 4) is 0 Å². The fourth-order valence-corrected chi connectivity index (χ4v) is 3.33. The van der Waals surface area contributed by atoms with Gasteiger partial charge in [-0.25, -0.2) is 0 Å². The highest BCUT2D eigenvalue weighted by molar-refractivity contribution is 7.98. The number of nitrogens with one attached hydrogen (secondary N) is 1. The fourth-order valence-electron chi connectivity index (χ4n) is 2.86. The zero-order valence-corrected chi connectivity index (χ0v) is 15.1. The molecule has 0 aliphatic carbocycles. The monoisotopic (exact) mass is 349 g/mol. The fraction of sp³-hybridized carbons (Fsp3) is 0.556. The highest BCUT2D eigenvalue weighted by Gasteiger charge is 2.28. The third kappa shape index (κ3) is 5.83. The lowest BCUT2D eigenvalue weighted by Gasteiger charge is -2.33. The van der Waals surface area contributed by atoms with Crippen molar-refractivity contribution in [3.63, 3.8) is 0 Å². The molecule has 2 rings (SSSR count). The maximum absolute atomic E-state index is 12.8. The first-order chi connectivity index (χ1) is 11.6. The number of carbonyl (C=O) groups excluding carboxylic acids is 2. The second-order valence-electron chi connectivity index (χ2n) is 6.23. The van der Waals surface area contributed by atoms with E-state index in [2.05, 4.69) is 5.32 Å². The summed E-state index contributed by atoms with van der Waals surface area (Å²) in [5, 5.41) is 2.93. The molecule has 1 fully saturated rings. The molecule has 5 nitrogen and oxygen atoms in total. The Labute approximate surface area is 148 Å². The summed E-state index contributed by atoms with van der Waals surface area (Å²) in [7, 11) is 0. The zero-order chi connectivity index (χ0) is 17.4. The number of nitrogens with two attached hydrogens (primary N) is 1. The smallest absolute Gasteiger partial charge is 0.245 e. The van der Waals surface area contributed by atoms with Crippen LogP contribution >= 0.6 is 11.8 Å². The molecule has 1 saturated heterocycles. The molecular weight excluding hydrogens is 322 g/mol. The predicted molar refractivity (Wildman–Crippen MR) is 98.9 cm³/mol.